The van der Waals surface area contributed by atoms with Crippen molar-refractivity contribution in [1.82, 2.24) is 4.98 Å². The third kappa shape index (κ3) is 3.39. The quantitative estimate of drug-likeness (QED) is 0.631. The number of carboxylic acids is 1. The van der Waals surface area contributed by atoms with Crippen LogP contribution in [0.5, 0.6) is 5.88 Å². The van der Waals surface area contributed by atoms with Crippen LogP contribution in [0.3, 0.4) is 0 Å². The van der Waals surface area contributed by atoms with E-state index in [9.17, 15) is 20.0 Å². The molecule has 1 fully saturated rings. The molecule has 1 aromatic rings. The van der Waals surface area contributed by atoms with Crippen molar-refractivity contribution in [3.05, 3.63) is 22.2 Å². The van der Waals surface area contributed by atoms with Crippen LogP contribution in [-0.2, 0) is 4.79 Å². The number of nitrogens with one attached hydrogen (secondary N) is 1. The van der Waals surface area contributed by atoms with Gasteiger partial charge in [-0.3, -0.25) is 14.9 Å². The van der Waals surface area contributed by atoms with Crippen LogP contribution in [-0.4, -0.2) is 34.1 Å². The van der Waals surface area contributed by atoms with Crippen LogP contribution < -0.4 is 10.1 Å². The second-order valence-corrected chi connectivity index (χ2v) is 4.96. The van der Waals surface area contributed by atoms with Gasteiger partial charge in [0, 0.05) is 18.2 Å². The normalized spacial score (nSPS) is 21.6. The van der Waals surface area contributed by atoms with Gasteiger partial charge >= 0.3 is 11.7 Å². The van der Waals surface area contributed by atoms with E-state index in [-0.39, 0.29) is 23.4 Å². The van der Waals surface area contributed by atoms with Crippen LogP contribution in [0.25, 0.3) is 0 Å². The predicted octanol–water partition coefficient (Wildman–Crippen LogP) is 2.05. The van der Waals surface area contributed by atoms with E-state index < -0.39 is 16.8 Å². The molecule has 1 aliphatic carbocycles. The van der Waals surface area contributed by atoms with E-state index in [4.69, 9.17) is 4.74 Å². The summed E-state index contributed by atoms with van der Waals surface area (Å²) in [7, 11) is 1.42. The van der Waals surface area contributed by atoms with Gasteiger partial charge < -0.3 is 15.2 Å². The number of hydrogen-bond acceptors (Lipinski definition) is 6. The molecular formula is C13H17N3O5. The van der Waals surface area contributed by atoms with Crippen LogP contribution in [0.2, 0.25) is 0 Å². The van der Waals surface area contributed by atoms with Gasteiger partial charge in [-0.1, -0.05) is 12.8 Å². The molecule has 1 heterocycles. The molecule has 0 saturated heterocycles. The van der Waals surface area contributed by atoms with Gasteiger partial charge in [0.05, 0.1) is 18.0 Å². The van der Waals surface area contributed by atoms with Crippen molar-refractivity contribution < 1.29 is 19.6 Å². The average molecular weight is 295 g/mol. The lowest BCUT2D eigenvalue weighted by Gasteiger charge is -2.29. The van der Waals surface area contributed by atoms with Crippen molar-refractivity contribution in [2.45, 2.75) is 31.7 Å². The first kappa shape index (κ1) is 15.0. The van der Waals surface area contributed by atoms with Gasteiger partial charge in [-0.25, -0.2) is 0 Å². The zero-order valence-corrected chi connectivity index (χ0v) is 11.6. The summed E-state index contributed by atoms with van der Waals surface area (Å²) in [6.07, 6.45) is 2.94. The van der Waals surface area contributed by atoms with Crippen LogP contribution in [0, 0.1) is 16.0 Å². The minimum Gasteiger partial charge on any atom is -0.481 e. The fraction of sp³-hybridized carbons (Fsp3) is 0.538. The number of nitro groups is 1. The molecule has 8 nitrogen and oxygen atoms in total. The Kier molecular flexibility index (Phi) is 4.56. The maximum absolute atomic E-state index is 11.3. The predicted molar refractivity (Wildman–Crippen MR) is 74.4 cm³/mol. The van der Waals surface area contributed by atoms with E-state index >= 15 is 0 Å². The fourth-order valence-electron chi connectivity index (χ4n) is 2.58. The molecule has 2 unspecified atom stereocenters. The van der Waals surface area contributed by atoms with Crippen molar-refractivity contribution in [2.75, 3.05) is 12.4 Å². The highest BCUT2D eigenvalue weighted by atomic mass is 16.6. The Morgan fingerprint density at radius 1 is 1.48 bits per heavy atom. The monoisotopic (exact) mass is 295 g/mol. The number of hydrogen-bond donors (Lipinski definition) is 2. The van der Waals surface area contributed by atoms with E-state index in [1.165, 1.54) is 19.2 Å². The molecule has 0 bridgehead atoms. The second kappa shape index (κ2) is 6.38. The van der Waals surface area contributed by atoms with Gasteiger partial charge in [0.1, 0.15) is 0 Å². The van der Waals surface area contributed by atoms with Gasteiger partial charge in [-0.2, -0.15) is 4.98 Å². The Morgan fingerprint density at radius 3 is 2.81 bits per heavy atom. The fourth-order valence-corrected chi connectivity index (χ4v) is 2.58. The van der Waals surface area contributed by atoms with Crippen LogP contribution >= 0.6 is 0 Å². The van der Waals surface area contributed by atoms with E-state index in [0.29, 0.717) is 12.8 Å². The molecule has 2 N–H and O–H groups in total. The Morgan fingerprint density at radius 2 is 2.19 bits per heavy atom. The molecule has 0 radical (unpaired) electrons. The van der Waals surface area contributed by atoms with Gasteiger partial charge in [-0.15, -0.1) is 0 Å². The number of carbonyl (C=O) groups is 1. The topological polar surface area (TPSA) is 115 Å². The molecule has 2 rings (SSSR count). The van der Waals surface area contributed by atoms with Crippen LogP contribution in [0.15, 0.2) is 12.1 Å². The number of aromatic nitrogens is 1. The number of pyridine rings is 1. The zero-order valence-electron chi connectivity index (χ0n) is 11.6. The largest absolute Gasteiger partial charge is 0.481 e. The van der Waals surface area contributed by atoms with Gasteiger partial charge in [0.25, 0.3) is 0 Å². The molecule has 0 amide bonds. The summed E-state index contributed by atoms with van der Waals surface area (Å²) < 4.78 is 4.96. The van der Waals surface area contributed by atoms with E-state index in [1.807, 2.05) is 0 Å². The number of anilines is 1. The lowest BCUT2D eigenvalue weighted by atomic mass is 9.84. The number of carboxylic acid groups (broad SMARTS) is 1. The van der Waals surface area contributed by atoms with Gasteiger partial charge in [-0.05, 0) is 12.8 Å². The summed E-state index contributed by atoms with van der Waals surface area (Å²) in [6.45, 7) is 0. The highest BCUT2D eigenvalue weighted by molar-refractivity contribution is 5.72. The van der Waals surface area contributed by atoms with Gasteiger partial charge in [0.2, 0.25) is 11.7 Å². The molecule has 114 valence electrons. The molecule has 0 aliphatic heterocycles. The summed E-state index contributed by atoms with van der Waals surface area (Å²) in [5.74, 6) is -1.16. The molecule has 0 aromatic carbocycles. The molecule has 0 spiro atoms. The lowest BCUT2D eigenvalue weighted by Crippen LogP contribution is -2.37. The summed E-state index contributed by atoms with van der Waals surface area (Å²) in [4.78, 5) is 25.8. The first-order valence-electron chi connectivity index (χ1n) is 6.71. The van der Waals surface area contributed by atoms with Crippen molar-refractivity contribution in [3.8, 4) is 5.88 Å². The van der Waals surface area contributed by atoms with E-state index in [0.717, 1.165) is 12.8 Å². The maximum atomic E-state index is 11.3. The van der Waals surface area contributed by atoms with Crippen molar-refractivity contribution in [2.24, 2.45) is 5.92 Å². The van der Waals surface area contributed by atoms with E-state index in [2.05, 4.69) is 10.3 Å². The molecule has 1 aromatic heterocycles. The maximum Gasteiger partial charge on any atom is 0.311 e. The van der Waals surface area contributed by atoms with Crippen molar-refractivity contribution in [3.63, 3.8) is 0 Å². The first-order chi connectivity index (χ1) is 10.0. The Balaban J connectivity index is 2.27. The summed E-state index contributed by atoms with van der Waals surface area (Å²) >= 11 is 0. The molecular weight excluding hydrogens is 278 g/mol. The minimum atomic E-state index is -0.891. The standard InChI is InChI=1S/C13H17N3O5/c1-21-11-7-6-10(16(19)20)12(15-11)14-9-5-3-2-4-8(9)13(17)18/h6-9H,2-5H2,1H3,(H,14,15)(H,17,18). The number of methoxy groups -OCH3 is 1. The second-order valence-electron chi connectivity index (χ2n) is 4.96. The number of aliphatic carboxylic acids is 1. The van der Waals surface area contributed by atoms with Crippen molar-refractivity contribution in [1.29, 1.82) is 0 Å². The molecule has 1 saturated carbocycles. The Hall–Kier alpha value is -2.38. The Bertz CT molecular complexity index is 549. The summed E-state index contributed by atoms with van der Waals surface area (Å²) in [5, 5.41) is 23.2. The zero-order chi connectivity index (χ0) is 15.4. The number of ether oxygens (including phenoxy) is 1. The highest BCUT2D eigenvalue weighted by Gasteiger charge is 2.32. The molecule has 1 aliphatic rings. The molecule has 21 heavy (non-hydrogen) atoms. The first-order valence-corrected chi connectivity index (χ1v) is 6.71. The minimum absolute atomic E-state index is 0.0532. The average Bonchev–Trinajstić information content (AvgIpc) is 2.47. The smallest absolute Gasteiger partial charge is 0.311 e. The Labute approximate surface area is 121 Å². The summed E-state index contributed by atoms with van der Waals surface area (Å²) in [6, 6.07) is 2.33. The van der Waals surface area contributed by atoms with Crippen molar-refractivity contribution >= 4 is 17.5 Å². The summed E-state index contributed by atoms with van der Waals surface area (Å²) in [5.41, 5.74) is -0.189. The number of rotatable bonds is 5. The lowest BCUT2D eigenvalue weighted by molar-refractivity contribution is -0.384. The third-order valence-corrected chi connectivity index (χ3v) is 3.66. The third-order valence-electron chi connectivity index (χ3n) is 3.66. The molecule has 8 heteroatoms. The van der Waals surface area contributed by atoms with E-state index in [1.54, 1.807) is 0 Å². The SMILES string of the molecule is COc1ccc([N+](=O)[O-])c(NC2CCCCC2C(=O)O)n1. The highest BCUT2D eigenvalue weighted by Crippen LogP contribution is 2.31. The van der Waals surface area contributed by atoms with Crippen LogP contribution in [0.1, 0.15) is 25.7 Å². The van der Waals surface area contributed by atoms with Gasteiger partial charge in [0.15, 0.2) is 0 Å². The molecule has 2 atom stereocenters. The number of nitrogens with zero attached hydrogens (tertiary/aromatic N) is 2. The van der Waals surface area contributed by atoms with Crippen LogP contribution in [0.4, 0.5) is 11.5 Å².